The summed E-state index contributed by atoms with van der Waals surface area (Å²) in [4.78, 5) is 11.0. The van der Waals surface area contributed by atoms with E-state index >= 15 is 0 Å². The molecule has 10 rings (SSSR count). The van der Waals surface area contributed by atoms with Gasteiger partial charge in [0.15, 0.2) is 5.82 Å². The molecule has 0 N–H and O–H groups in total. The van der Waals surface area contributed by atoms with Gasteiger partial charge in [0.1, 0.15) is 0 Å². The van der Waals surface area contributed by atoms with E-state index in [0.717, 1.165) is 39.3 Å². The molecule has 0 saturated heterocycles. The van der Waals surface area contributed by atoms with Gasteiger partial charge in [0, 0.05) is 27.5 Å². The molecular weight excluding hydrogens is 605 g/mol. The van der Waals surface area contributed by atoms with Crippen molar-refractivity contribution in [2.75, 3.05) is 0 Å². The Morgan fingerprint density at radius 1 is 0.440 bits per heavy atom. The van der Waals surface area contributed by atoms with Crippen molar-refractivity contribution in [2.24, 2.45) is 0 Å². The van der Waals surface area contributed by atoms with Crippen molar-refractivity contribution in [2.45, 2.75) is 12.3 Å². The van der Waals surface area contributed by atoms with Crippen molar-refractivity contribution < 1.29 is 0 Å². The van der Waals surface area contributed by atoms with Gasteiger partial charge >= 0.3 is 0 Å². The Hall–Kier alpha value is -6.38. The van der Waals surface area contributed by atoms with Crippen LogP contribution in [-0.4, -0.2) is 9.97 Å². The molecule has 1 heterocycles. The van der Waals surface area contributed by atoms with Gasteiger partial charge in [-0.1, -0.05) is 164 Å². The van der Waals surface area contributed by atoms with E-state index in [4.69, 9.17) is 9.97 Å². The lowest BCUT2D eigenvalue weighted by atomic mass is 9.72. The van der Waals surface area contributed by atoms with Crippen LogP contribution in [0.5, 0.6) is 0 Å². The average molecular weight is 637 g/mol. The predicted octanol–water partition coefficient (Wildman–Crippen LogP) is 12.3. The molecule has 1 unspecified atom stereocenters. The van der Waals surface area contributed by atoms with E-state index in [2.05, 4.69) is 183 Å². The SMILES string of the molecule is CC1(c2ccccc2)c2ccccc2-c2cccc(-c3cc(-c4ccccc4)nc(-c4c5ccccc5cc5ccc6ccccc6c45)n3)c21. The number of hydrogen-bond donors (Lipinski definition) is 0. The number of aromatic nitrogens is 2. The largest absolute Gasteiger partial charge is 0.228 e. The second-order valence-corrected chi connectivity index (χ2v) is 13.5. The minimum Gasteiger partial charge on any atom is -0.228 e. The highest BCUT2D eigenvalue weighted by molar-refractivity contribution is 6.21. The van der Waals surface area contributed by atoms with E-state index < -0.39 is 0 Å². The molecule has 0 fully saturated rings. The quantitative estimate of drug-likeness (QED) is 0.142. The van der Waals surface area contributed by atoms with Crippen LogP contribution in [0.25, 0.3) is 77.3 Å². The molecule has 1 atom stereocenters. The zero-order valence-electron chi connectivity index (χ0n) is 27.6. The van der Waals surface area contributed by atoms with Gasteiger partial charge in [-0.3, -0.25) is 0 Å². The van der Waals surface area contributed by atoms with Gasteiger partial charge in [0.2, 0.25) is 0 Å². The van der Waals surface area contributed by atoms with Crippen molar-refractivity contribution in [3.8, 4) is 45.0 Å². The highest BCUT2D eigenvalue weighted by Crippen LogP contribution is 2.55. The Kier molecular flexibility index (Phi) is 6.34. The molecule has 0 amide bonds. The first-order valence-electron chi connectivity index (χ1n) is 17.3. The molecule has 1 aliphatic carbocycles. The van der Waals surface area contributed by atoms with Crippen molar-refractivity contribution >= 4 is 32.3 Å². The smallest absolute Gasteiger partial charge is 0.161 e. The third kappa shape index (κ3) is 4.22. The lowest BCUT2D eigenvalue weighted by Gasteiger charge is -2.30. The van der Waals surface area contributed by atoms with Crippen LogP contribution in [0.15, 0.2) is 176 Å². The summed E-state index contributed by atoms with van der Waals surface area (Å²) in [6.07, 6.45) is 0. The van der Waals surface area contributed by atoms with Gasteiger partial charge in [-0.15, -0.1) is 0 Å². The second-order valence-electron chi connectivity index (χ2n) is 13.5. The summed E-state index contributed by atoms with van der Waals surface area (Å²) in [7, 11) is 0. The minimum absolute atomic E-state index is 0.371. The van der Waals surface area contributed by atoms with E-state index in [1.165, 1.54) is 54.7 Å². The van der Waals surface area contributed by atoms with Gasteiger partial charge < -0.3 is 0 Å². The van der Waals surface area contributed by atoms with Crippen LogP contribution in [0, 0.1) is 0 Å². The zero-order chi connectivity index (χ0) is 33.2. The Morgan fingerprint density at radius 2 is 1.06 bits per heavy atom. The molecule has 2 nitrogen and oxygen atoms in total. The van der Waals surface area contributed by atoms with E-state index in [0.29, 0.717) is 0 Å². The van der Waals surface area contributed by atoms with Crippen LogP contribution >= 0.6 is 0 Å². The molecule has 234 valence electrons. The average Bonchev–Trinajstić information content (AvgIpc) is 3.46. The second kappa shape index (κ2) is 11.1. The number of fused-ring (bicyclic) bond motifs is 7. The highest BCUT2D eigenvalue weighted by Gasteiger charge is 2.42. The number of benzene rings is 8. The van der Waals surface area contributed by atoms with Gasteiger partial charge in [0.05, 0.1) is 11.4 Å². The molecule has 8 aromatic carbocycles. The summed E-state index contributed by atoms with van der Waals surface area (Å²) >= 11 is 0. The summed E-state index contributed by atoms with van der Waals surface area (Å²) < 4.78 is 0. The first-order valence-corrected chi connectivity index (χ1v) is 17.3. The standard InChI is InChI=1S/C48H32N2/c1-48(35-19-6-3-7-20-35)41-26-13-12-23-38(41)39-24-14-25-40(46(39)48)43-30-42(32-16-4-2-5-17-32)49-47(50-43)45-37-22-11-9-18-33(37)29-34-28-27-31-15-8-10-21-36(31)44(34)45/h2-30H,1H3. The van der Waals surface area contributed by atoms with Crippen LogP contribution in [-0.2, 0) is 5.41 Å². The van der Waals surface area contributed by atoms with Crippen molar-refractivity contribution in [3.63, 3.8) is 0 Å². The summed E-state index contributed by atoms with van der Waals surface area (Å²) in [5.41, 5.74) is 11.1. The third-order valence-corrected chi connectivity index (χ3v) is 10.7. The summed E-state index contributed by atoms with van der Waals surface area (Å²) in [5.74, 6) is 0.731. The first kappa shape index (κ1) is 28.6. The van der Waals surface area contributed by atoms with E-state index in [1.807, 2.05) is 0 Å². The van der Waals surface area contributed by atoms with Gasteiger partial charge in [-0.25, -0.2) is 9.97 Å². The zero-order valence-corrected chi connectivity index (χ0v) is 27.6. The van der Waals surface area contributed by atoms with E-state index in [-0.39, 0.29) is 5.41 Å². The predicted molar refractivity (Wildman–Crippen MR) is 208 cm³/mol. The third-order valence-electron chi connectivity index (χ3n) is 10.7. The van der Waals surface area contributed by atoms with Crippen molar-refractivity contribution in [1.82, 2.24) is 9.97 Å². The van der Waals surface area contributed by atoms with E-state index in [9.17, 15) is 0 Å². The molecule has 50 heavy (non-hydrogen) atoms. The van der Waals surface area contributed by atoms with E-state index in [1.54, 1.807) is 0 Å². The molecule has 1 aromatic heterocycles. The Balaban J connectivity index is 1.33. The molecule has 1 aliphatic rings. The number of nitrogens with zero attached hydrogens (tertiary/aromatic N) is 2. The normalized spacial score (nSPS) is 15.0. The minimum atomic E-state index is -0.371. The van der Waals surface area contributed by atoms with Crippen LogP contribution in [0.1, 0.15) is 23.6 Å². The molecule has 0 aliphatic heterocycles. The fourth-order valence-electron chi connectivity index (χ4n) is 8.42. The Labute approximate surface area is 291 Å². The summed E-state index contributed by atoms with van der Waals surface area (Å²) in [6, 6.07) is 63.3. The Morgan fingerprint density at radius 3 is 1.90 bits per heavy atom. The van der Waals surface area contributed by atoms with Crippen molar-refractivity contribution in [3.05, 3.63) is 193 Å². The maximum Gasteiger partial charge on any atom is 0.161 e. The molecule has 0 bridgehead atoms. The van der Waals surface area contributed by atoms with Crippen LogP contribution < -0.4 is 0 Å². The topological polar surface area (TPSA) is 25.8 Å². The first-order chi connectivity index (χ1) is 24.7. The molecule has 0 saturated carbocycles. The van der Waals surface area contributed by atoms with Crippen LogP contribution in [0.4, 0.5) is 0 Å². The van der Waals surface area contributed by atoms with Gasteiger partial charge in [0.25, 0.3) is 0 Å². The number of rotatable bonds is 4. The molecule has 0 radical (unpaired) electrons. The maximum atomic E-state index is 5.59. The maximum absolute atomic E-state index is 5.59. The fraction of sp³-hybridized carbons (Fsp3) is 0.0417. The molecule has 9 aromatic rings. The summed E-state index contributed by atoms with van der Waals surface area (Å²) in [6.45, 7) is 2.38. The molecular formula is C48H32N2. The van der Waals surface area contributed by atoms with Crippen LogP contribution in [0.2, 0.25) is 0 Å². The van der Waals surface area contributed by atoms with Crippen LogP contribution in [0.3, 0.4) is 0 Å². The lowest BCUT2D eigenvalue weighted by Crippen LogP contribution is -2.23. The van der Waals surface area contributed by atoms with Gasteiger partial charge in [-0.2, -0.15) is 0 Å². The van der Waals surface area contributed by atoms with Crippen molar-refractivity contribution in [1.29, 1.82) is 0 Å². The Bertz CT molecular complexity index is 2770. The lowest BCUT2D eigenvalue weighted by molar-refractivity contribution is 0.715. The number of hydrogen-bond acceptors (Lipinski definition) is 2. The van der Waals surface area contributed by atoms with Gasteiger partial charge in [-0.05, 0) is 73.8 Å². The summed E-state index contributed by atoms with van der Waals surface area (Å²) in [5, 5.41) is 7.08. The fourth-order valence-corrected chi connectivity index (χ4v) is 8.42. The highest BCUT2D eigenvalue weighted by atomic mass is 14.9. The molecule has 2 heteroatoms. The monoisotopic (exact) mass is 636 g/mol. The molecule has 0 spiro atoms.